The summed E-state index contributed by atoms with van der Waals surface area (Å²) in [4.78, 5) is 21.0. The smallest absolute Gasteiger partial charge is 0.266 e. The number of aromatic nitrogens is 4. The van der Waals surface area contributed by atoms with Crippen LogP contribution in [0.5, 0.6) is 5.75 Å². The van der Waals surface area contributed by atoms with E-state index >= 15 is 0 Å². The van der Waals surface area contributed by atoms with Crippen LogP contribution in [-0.4, -0.2) is 31.9 Å². The molecule has 0 aliphatic carbocycles. The van der Waals surface area contributed by atoms with Crippen molar-refractivity contribution in [1.82, 2.24) is 19.6 Å². The lowest BCUT2D eigenvalue weighted by Crippen LogP contribution is -2.07. The molecule has 1 N–H and O–H groups in total. The number of rotatable bonds is 6. The molecule has 0 saturated carbocycles. The van der Waals surface area contributed by atoms with Crippen LogP contribution in [0, 0.1) is 13.8 Å². The summed E-state index contributed by atoms with van der Waals surface area (Å²) >= 11 is 1.52. The third-order valence-corrected chi connectivity index (χ3v) is 5.20. The van der Waals surface area contributed by atoms with Crippen LogP contribution in [0.25, 0.3) is 17.0 Å². The van der Waals surface area contributed by atoms with Crippen molar-refractivity contribution in [3.05, 3.63) is 76.1 Å². The van der Waals surface area contributed by atoms with E-state index in [0.717, 1.165) is 16.9 Å². The summed E-state index contributed by atoms with van der Waals surface area (Å²) in [6, 6.07) is 17.4. The maximum Gasteiger partial charge on any atom is 0.266 e. The zero-order chi connectivity index (χ0) is 19.5. The fraction of sp³-hybridized carbons (Fsp3) is 0.190. The molecule has 0 atom stereocenters. The van der Waals surface area contributed by atoms with Gasteiger partial charge in [-0.25, -0.2) is 14.5 Å². The number of H-pyrrole nitrogens is 1. The predicted octanol–water partition coefficient (Wildman–Crippen LogP) is 3.87. The molecule has 0 aliphatic rings. The highest BCUT2D eigenvalue weighted by atomic mass is 32.2. The van der Waals surface area contributed by atoms with E-state index in [1.807, 2.05) is 62.4 Å². The Labute approximate surface area is 166 Å². The van der Waals surface area contributed by atoms with Crippen LogP contribution in [0.2, 0.25) is 0 Å². The molecular formula is C21H20N4O2S. The summed E-state index contributed by atoms with van der Waals surface area (Å²) in [6.07, 6.45) is 0. The summed E-state index contributed by atoms with van der Waals surface area (Å²) in [6.45, 7) is 4.59. The van der Waals surface area contributed by atoms with Gasteiger partial charge in [-0.05, 0) is 25.5 Å². The van der Waals surface area contributed by atoms with Gasteiger partial charge in [0.15, 0.2) is 16.6 Å². The van der Waals surface area contributed by atoms with Crippen molar-refractivity contribution in [2.24, 2.45) is 0 Å². The van der Waals surface area contributed by atoms with Crippen LogP contribution in [-0.2, 0) is 0 Å². The molecule has 0 fully saturated rings. The van der Waals surface area contributed by atoms with Gasteiger partial charge >= 0.3 is 0 Å². The average Bonchev–Trinajstić information content (AvgIpc) is 3.07. The molecule has 2 aromatic carbocycles. The third-order valence-electron chi connectivity index (χ3n) is 4.30. The Hall–Kier alpha value is -3.06. The van der Waals surface area contributed by atoms with Gasteiger partial charge in [-0.3, -0.25) is 9.89 Å². The summed E-state index contributed by atoms with van der Waals surface area (Å²) in [5, 5.41) is 3.43. The molecule has 0 saturated heterocycles. The van der Waals surface area contributed by atoms with Crippen molar-refractivity contribution in [2.45, 2.75) is 19.0 Å². The first kappa shape index (κ1) is 18.3. The molecule has 0 spiro atoms. The summed E-state index contributed by atoms with van der Waals surface area (Å²) < 4.78 is 7.48. The van der Waals surface area contributed by atoms with Crippen LogP contribution in [0.15, 0.2) is 64.5 Å². The largest absolute Gasteiger partial charge is 0.492 e. The first-order valence-electron chi connectivity index (χ1n) is 8.98. The zero-order valence-electron chi connectivity index (χ0n) is 15.7. The van der Waals surface area contributed by atoms with Crippen LogP contribution in [0.1, 0.15) is 11.1 Å². The van der Waals surface area contributed by atoms with Gasteiger partial charge in [0.25, 0.3) is 5.56 Å². The Bertz CT molecular complexity index is 1170. The number of nitrogens with one attached hydrogen (secondary N) is 1. The summed E-state index contributed by atoms with van der Waals surface area (Å²) in [7, 11) is 0. The van der Waals surface area contributed by atoms with Crippen molar-refractivity contribution >= 4 is 17.4 Å². The van der Waals surface area contributed by atoms with E-state index in [-0.39, 0.29) is 5.56 Å². The number of fused-ring (bicyclic) bond motifs is 1. The molecule has 0 radical (unpaired) electrons. The van der Waals surface area contributed by atoms with E-state index in [1.54, 1.807) is 4.52 Å². The minimum absolute atomic E-state index is 0.201. The number of para-hydroxylation sites is 1. The van der Waals surface area contributed by atoms with Crippen LogP contribution in [0.3, 0.4) is 0 Å². The van der Waals surface area contributed by atoms with Gasteiger partial charge < -0.3 is 4.74 Å². The maximum atomic E-state index is 11.8. The van der Waals surface area contributed by atoms with E-state index in [2.05, 4.69) is 15.1 Å². The Morgan fingerprint density at radius 2 is 1.86 bits per heavy atom. The molecule has 2 heterocycles. The van der Waals surface area contributed by atoms with E-state index in [4.69, 9.17) is 4.74 Å². The number of thioether (sulfide) groups is 1. The van der Waals surface area contributed by atoms with Crippen molar-refractivity contribution in [1.29, 1.82) is 0 Å². The zero-order valence-corrected chi connectivity index (χ0v) is 16.5. The molecule has 4 rings (SSSR count). The number of hydrogen-bond donors (Lipinski definition) is 1. The Balaban J connectivity index is 1.56. The second-order valence-corrected chi connectivity index (χ2v) is 7.53. The number of ether oxygens (including phenoxy) is 1. The molecule has 0 amide bonds. The van der Waals surface area contributed by atoms with Crippen LogP contribution < -0.4 is 10.3 Å². The molecule has 7 heteroatoms. The molecule has 142 valence electrons. The Morgan fingerprint density at radius 3 is 2.64 bits per heavy atom. The van der Waals surface area contributed by atoms with Crippen LogP contribution >= 0.6 is 11.8 Å². The normalized spacial score (nSPS) is 11.1. The van der Waals surface area contributed by atoms with Crippen molar-refractivity contribution in [2.75, 3.05) is 12.4 Å². The van der Waals surface area contributed by atoms with Gasteiger partial charge in [0.1, 0.15) is 5.75 Å². The SMILES string of the molecule is Cc1ccc(-c2nc(SCCOc3ccccc3C)n3[nH]c(=O)cc3n2)cc1. The number of hydrogen-bond acceptors (Lipinski definition) is 5. The summed E-state index contributed by atoms with van der Waals surface area (Å²) in [5.74, 6) is 2.17. The number of nitrogens with zero attached hydrogens (tertiary/aromatic N) is 3. The lowest BCUT2D eigenvalue weighted by Gasteiger charge is -2.10. The van der Waals surface area contributed by atoms with Gasteiger partial charge in [0.2, 0.25) is 0 Å². The average molecular weight is 392 g/mol. The molecule has 0 unspecified atom stereocenters. The lowest BCUT2D eigenvalue weighted by atomic mass is 10.1. The first-order valence-corrected chi connectivity index (χ1v) is 9.97. The highest BCUT2D eigenvalue weighted by molar-refractivity contribution is 7.99. The predicted molar refractivity (Wildman–Crippen MR) is 111 cm³/mol. The van der Waals surface area contributed by atoms with Crippen LogP contribution in [0.4, 0.5) is 0 Å². The molecule has 28 heavy (non-hydrogen) atoms. The first-order chi connectivity index (χ1) is 13.6. The van der Waals surface area contributed by atoms with Gasteiger partial charge in [-0.1, -0.05) is 59.8 Å². The minimum atomic E-state index is -0.201. The second kappa shape index (κ2) is 7.90. The highest BCUT2D eigenvalue weighted by Crippen LogP contribution is 2.22. The topological polar surface area (TPSA) is 72.3 Å². The lowest BCUT2D eigenvalue weighted by molar-refractivity contribution is 0.341. The molecule has 6 nitrogen and oxygen atoms in total. The highest BCUT2D eigenvalue weighted by Gasteiger charge is 2.11. The number of aryl methyl sites for hydroxylation is 2. The van der Waals surface area contributed by atoms with Gasteiger partial charge in [0, 0.05) is 17.4 Å². The molecule has 0 bridgehead atoms. The third kappa shape index (κ3) is 3.94. The van der Waals surface area contributed by atoms with Crippen molar-refractivity contribution in [3.63, 3.8) is 0 Å². The second-order valence-electron chi connectivity index (χ2n) is 6.47. The van der Waals surface area contributed by atoms with E-state index in [0.29, 0.717) is 29.0 Å². The summed E-state index contributed by atoms with van der Waals surface area (Å²) in [5.41, 5.74) is 3.55. The van der Waals surface area contributed by atoms with Gasteiger partial charge in [-0.2, -0.15) is 0 Å². The van der Waals surface area contributed by atoms with Gasteiger partial charge in [-0.15, -0.1) is 0 Å². The molecule has 4 aromatic rings. The maximum absolute atomic E-state index is 11.8. The Morgan fingerprint density at radius 1 is 1.07 bits per heavy atom. The van der Waals surface area contributed by atoms with Gasteiger partial charge in [0.05, 0.1) is 6.61 Å². The number of benzene rings is 2. The fourth-order valence-electron chi connectivity index (χ4n) is 2.82. The quantitative estimate of drug-likeness (QED) is 0.398. The van der Waals surface area contributed by atoms with E-state index in [9.17, 15) is 4.79 Å². The molecule has 2 aromatic heterocycles. The van der Waals surface area contributed by atoms with Crippen molar-refractivity contribution in [3.8, 4) is 17.1 Å². The number of aromatic amines is 1. The molecular weight excluding hydrogens is 372 g/mol. The molecule has 0 aliphatic heterocycles. The van der Waals surface area contributed by atoms with E-state index in [1.165, 1.54) is 23.4 Å². The fourth-order valence-corrected chi connectivity index (χ4v) is 3.58. The van der Waals surface area contributed by atoms with Crippen molar-refractivity contribution < 1.29 is 4.74 Å². The standard InChI is InChI=1S/C21H20N4O2S/c1-14-7-9-16(10-8-14)20-22-18-13-19(26)24-25(18)21(23-20)28-12-11-27-17-6-4-3-5-15(17)2/h3-10,13H,11-12H2,1-2H3,(H,24,26). The Kier molecular flexibility index (Phi) is 5.16. The van der Waals surface area contributed by atoms with E-state index < -0.39 is 0 Å². The monoisotopic (exact) mass is 392 g/mol. The minimum Gasteiger partial charge on any atom is -0.492 e.